The van der Waals surface area contributed by atoms with Crippen LogP contribution in [-0.2, 0) is 5.41 Å². The van der Waals surface area contributed by atoms with Gasteiger partial charge in [-0.1, -0.05) is 52.0 Å². The maximum Gasteiger partial charge on any atom is 0.149 e. The van der Waals surface area contributed by atoms with E-state index in [1.165, 1.54) is 11.1 Å². The predicted octanol–water partition coefficient (Wildman–Crippen LogP) is 3.78. The molecular formula is C18H25N3. The fourth-order valence-corrected chi connectivity index (χ4v) is 2.29. The Morgan fingerprint density at radius 1 is 1.05 bits per heavy atom. The summed E-state index contributed by atoms with van der Waals surface area (Å²) in [4.78, 5) is 8.94. The van der Waals surface area contributed by atoms with Crippen molar-refractivity contribution in [3.63, 3.8) is 0 Å². The van der Waals surface area contributed by atoms with Crippen molar-refractivity contribution in [1.82, 2.24) is 15.3 Å². The van der Waals surface area contributed by atoms with Crippen LogP contribution < -0.4 is 5.32 Å². The number of aromatic nitrogens is 2. The minimum absolute atomic E-state index is 0.0459. The molecule has 0 saturated heterocycles. The third-order valence-corrected chi connectivity index (χ3v) is 3.58. The van der Waals surface area contributed by atoms with Gasteiger partial charge < -0.3 is 5.32 Å². The van der Waals surface area contributed by atoms with Crippen LogP contribution in [-0.4, -0.2) is 16.5 Å². The molecule has 1 heterocycles. The molecule has 0 radical (unpaired) electrons. The molecule has 0 aliphatic heterocycles. The van der Waals surface area contributed by atoms with Crippen molar-refractivity contribution >= 4 is 0 Å². The molecule has 0 aliphatic carbocycles. The van der Waals surface area contributed by atoms with E-state index in [9.17, 15) is 0 Å². The summed E-state index contributed by atoms with van der Waals surface area (Å²) in [6.07, 6.45) is 3.74. The molecule has 0 bridgehead atoms. The molecular weight excluding hydrogens is 258 g/mol. The summed E-state index contributed by atoms with van der Waals surface area (Å²) >= 11 is 0. The van der Waals surface area contributed by atoms with E-state index in [0.717, 1.165) is 17.9 Å². The standard InChI is InChI=1S/C18H25N3/c1-6-19-16(17-20-11-13(2)12-21-17)14-7-9-15(10-8-14)18(3,4)5/h7-12,16,19H,6H2,1-5H3. The van der Waals surface area contributed by atoms with E-state index in [4.69, 9.17) is 0 Å². The van der Waals surface area contributed by atoms with Crippen molar-refractivity contribution < 1.29 is 0 Å². The Labute approximate surface area is 127 Å². The molecule has 3 heteroatoms. The zero-order valence-electron chi connectivity index (χ0n) is 13.6. The third-order valence-electron chi connectivity index (χ3n) is 3.58. The Balaban J connectivity index is 2.32. The second kappa shape index (κ2) is 6.35. The third kappa shape index (κ3) is 3.88. The van der Waals surface area contributed by atoms with Crippen LogP contribution in [0.25, 0.3) is 0 Å². The molecule has 1 aromatic heterocycles. The number of nitrogens with zero attached hydrogens (tertiary/aromatic N) is 2. The SMILES string of the molecule is CCNC(c1ccc(C(C)(C)C)cc1)c1ncc(C)cn1. The van der Waals surface area contributed by atoms with Crippen LogP contribution in [0.2, 0.25) is 0 Å². The average Bonchev–Trinajstić information content (AvgIpc) is 2.45. The van der Waals surface area contributed by atoms with Crippen LogP contribution in [0.15, 0.2) is 36.7 Å². The van der Waals surface area contributed by atoms with Crippen molar-refractivity contribution in [2.45, 2.75) is 46.1 Å². The molecule has 0 fully saturated rings. The first kappa shape index (κ1) is 15.6. The minimum Gasteiger partial charge on any atom is -0.304 e. The van der Waals surface area contributed by atoms with Gasteiger partial charge in [0.2, 0.25) is 0 Å². The summed E-state index contributed by atoms with van der Waals surface area (Å²) in [5, 5.41) is 3.47. The maximum atomic E-state index is 4.47. The maximum absolute atomic E-state index is 4.47. The lowest BCUT2D eigenvalue weighted by Crippen LogP contribution is -2.24. The Morgan fingerprint density at radius 2 is 1.62 bits per heavy atom. The van der Waals surface area contributed by atoms with E-state index < -0.39 is 0 Å². The van der Waals surface area contributed by atoms with Gasteiger partial charge in [0, 0.05) is 12.4 Å². The lowest BCUT2D eigenvalue weighted by molar-refractivity contribution is 0.582. The number of nitrogens with one attached hydrogen (secondary N) is 1. The first-order valence-corrected chi connectivity index (χ1v) is 7.54. The van der Waals surface area contributed by atoms with Crippen LogP contribution >= 0.6 is 0 Å². The highest BCUT2D eigenvalue weighted by atomic mass is 15.0. The Morgan fingerprint density at radius 3 is 2.10 bits per heavy atom. The van der Waals surface area contributed by atoms with E-state index in [2.05, 4.69) is 67.2 Å². The van der Waals surface area contributed by atoms with Crippen molar-refractivity contribution in [3.05, 3.63) is 59.2 Å². The van der Waals surface area contributed by atoms with Gasteiger partial charge in [0.1, 0.15) is 5.82 Å². The quantitative estimate of drug-likeness (QED) is 0.928. The highest BCUT2D eigenvalue weighted by molar-refractivity contribution is 5.31. The summed E-state index contributed by atoms with van der Waals surface area (Å²) in [6, 6.07) is 8.81. The highest BCUT2D eigenvalue weighted by Gasteiger charge is 2.18. The molecule has 3 nitrogen and oxygen atoms in total. The van der Waals surface area contributed by atoms with E-state index >= 15 is 0 Å². The molecule has 0 spiro atoms. The number of hydrogen-bond donors (Lipinski definition) is 1. The summed E-state index contributed by atoms with van der Waals surface area (Å²) in [5.74, 6) is 0.825. The zero-order chi connectivity index (χ0) is 15.5. The normalized spacial score (nSPS) is 13.2. The number of hydrogen-bond acceptors (Lipinski definition) is 3. The molecule has 112 valence electrons. The van der Waals surface area contributed by atoms with Gasteiger partial charge in [0.05, 0.1) is 6.04 Å². The molecule has 0 amide bonds. The molecule has 0 saturated carbocycles. The van der Waals surface area contributed by atoms with Gasteiger partial charge in [0.15, 0.2) is 0 Å². The minimum atomic E-state index is 0.0459. The van der Waals surface area contributed by atoms with Crippen LogP contribution in [0.5, 0.6) is 0 Å². The second-order valence-electron chi connectivity index (χ2n) is 6.48. The Kier molecular flexibility index (Phi) is 4.73. The average molecular weight is 283 g/mol. The van der Waals surface area contributed by atoms with Gasteiger partial charge in [-0.15, -0.1) is 0 Å². The van der Waals surface area contributed by atoms with Gasteiger partial charge in [0.25, 0.3) is 0 Å². The number of aryl methyl sites for hydroxylation is 1. The van der Waals surface area contributed by atoms with Gasteiger partial charge in [-0.3, -0.25) is 0 Å². The fourth-order valence-electron chi connectivity index (χ4n) is 2.29. The summed E-state index contributed by atoms with van der Waals surface area (Å²) in [6.45, 7) is 11.7. The molecule has 1 atom stereocenters. The molecule has 21 heavy (non-hydrogen) atoms. The lowest BCUT2D eigenvalue weighted by Gasteiger charge is -2.21. The van der Waals surface area contributed by atoms with Crippen LogP contribution in [0.1, 0.15) is 56.3 Å². The summed E-state index contributed by atoms with van der Waals surface area (Å²) < 4.78 is 0. The molecule has 1 aromatic carbocycles. The zero-order valence-corrected chi connectivity index (χ0v) is 13.6. The van der Waals surface area contributed by atoms with Crippen LogP contribution in [0.3, 0.4) is 0 Å². The van der Waals surface area contributed by atoms with E-state index in [0.29, 0.717) is 0 Å². The molecule has 2 aromatic rings. The highest BCUT2D eigenvalue weighted by Crippen LogP contribution is 2.25. The first-order valence-electron chi connectivity index (χ1n) is 7.54. The number of rotatable bonds is 4. The van der Waals surface area contributed by atoms with E-state index in [1.54, 1.807) is 0 Å². The molecule has 1 unspecified atom stereocenters. The van der Waals surface area contributed by atoms with Gasteiger partial charge in [-0.2, -0.15) is 0 Å². The molecule has 2 rings (SSSR count). The first-order chi connectivity index (χ1) is 9.91. The van der Waals surface area contributed by atoms with Gasteiger partial charge in [-0.05, 0) is 35.6 Å². The van der Waals surface area contributed by atoms with Crippen LogP contribution in [0.4, 0.5) is 0 Å². The van der Waals surface area contributed by atoms with Crippen molar-refractivity contribution in [1.29, 1.82) is 0 Å². The van der Waals surface area contributed by atoms with E-state index in [1.807, 2.05) is 19.3 Å². The largest absolute Gasteiger partial charge is 0.304 e. The molecule has 0 aliphatic rings. The Hall–Kier alpha value is -1.74. The topological polar surface area (TPSA) is 37.8 Å². The van der Waals surface area contributed by atoms with Gasteiger partial charge >= 0.3 is 0 Å². The summed E-state index contributed by atoms with van der Waals surface area (Å²) in [7, 11) is 0. The van der Waals surface area contributed by atoms with Crippen molar-refractivity contribution in [3.8, 4) is 0 Å². The smallest absolute Gasteiger partial charge is 0.149 e. The van der Waals surface area contributed by atoms with E-state index in [-0.39, 0.29) is 11.5 Å². The van der Waals surface area contributed by atoms with Crippen LogP contribution in [0, 0.1) is 6.92 Å². The predicted molar refractivity (Wildman–Crippen MR) is 87.4 cm³/mol. The monoisotopic (exact) mass is 283 g/mol. The fraction of sp³-hybridized carbons (Fsp3) is 0.444. The van der Waals surface area contributed by atoms with Crippen molar-refractivity contribution in [2.75, 3.05) is 6.54 Å². The second-order valence-corrected chi connectivity index (χ2v) is 6.48. The Bertz CT molecular complexity index is 565. The van der Waals surface area contributed by atoms with Crippen molar-refractivity contribution in [2.24, 2.45) is 0 Å². The summed E-state index contributed by atoms with van der Waals surface area (Å²) in [5.41, 5.74) is 3.80. The lowest BCUT2D eigenvalue weighted by atomic mass is 9.86. The molecule has 1 N–H and O–H groups in total. The van der Waals surface area contributed by atoms with Gasteiger partial charge in [-0.25, -0.2) is 9.97 Å². The number of benzene rings is 1.